The molecular formula is C18H29N3O2. The Kier molecular flexibility index (Phi) is 5.30. The van der Waals surface area contributed by atoms with E-state index in [2.05, 4.69) is 30.7 Å². The van der Waals surface area contributed by atoms with E-state index >= 15 is 0 Å². The topological polar surface area (TPSA) is 56.4 Å². The molecule has 0 radical (unpaired) electrons. The van der Waals surface area contributed by atoms with E-state index in [1.54, 1.807) is 0 Å². The van der Waals surface area contributed by atoms with Gasteiger partial charge in [-0.15, -0.1) is 0 Å². The average Bonchev–Trinajstić information content (AvgIpc) is 2.76. The van der Waals surface area contributed by atoms with Crippen LogP contribution in [0.25, 0.3) is 0 Å². The molecule has 0 aromatic carbocycles. The maximum atomic E-state index is 12.4. The molecule has 0 aliphatic carbocycles. The van der Waals surface area contributed by atoms with Gasteiger partial charge in [0.2, 0.25) is 5.91 Å². The van der Waals surface area contributed by atoms with Crippen molar-refractivity contribution in [1.82, 2.24) is 14.8 Å². The van der Waals surface area contributed by atoms with Crippen molar-refractivity contribution in [1.29, 1.82) is 0 Å². The molecule has 1 amide bonds. The maximum Gasteiger partial charge on any atom is 0.223 e. The number of Topliss-reactive ketones (excluding diaryl/α,β-unsaturated/α-hetero) is 1. The average molecular weight is 319 g/mol. The molecule has 1 aromatic heterocycles. The summed E-state index contributed by atoms with van der Waals surface area (Å²) in [5.74, 6) is 0.377. The van der Waals surface area contributed by atoms with Crippen molar-refractivity contribution in [3.63, 3.8) is 0 Å². The fourth-order valence-electron chi connectivity index (χ4n) is 3.02. The second kappa shape index (κ2) is 6.87. The quantitative estimate of drug-likeness (QED) is 0.867. The fraction of sp³-hybridized carbons (Fsp3) is 0.667. The van der Waals surface area contributed by atoms with Gasteiger partial charge in [-0.05, 0) is 25.3 Å². The molecule has 0 bridgehead atoms. The Morgan fingerprint density at radius 3 is 2.22 bits per heavy atom. The van der Waals surface area contributed by atoms with Crippen molar-refractivity contribution in [2.45, 2.75) is 41.0 Å². The molecular weight excluding hydrogens is 290 g/mol. The van der Waals surface area contributed by atoms with Gasteiger partial charge in [0.1, 0.15) is 0 Å². The molecule has 23 heavy (non-hydrogen) atoms. The van der Waals surface area contributed by atoms with Gasteiger partial charge in [0.05, 0.1) is 6.54 Å². The molecule has 0 saturated carbocycles. The van der Waals surface area contributed by atoms with E-state index in [1.807, 2.05) is 24.8 Å². The number of carbonyl (C=O) groups excluding carboxylic acids is 2. The Morgan fingerprint density at radius 2 is 1.74 bits per heavy atom. The first-order valence-corrected chi connectivity index (χ1v) is 8.35. The lowest BCUT2D eigenvalue weighted by Gasteiger charge is -2.35. The molecule has 1 saturated heterocycles. The number of hydrogen-bond acceptors (Lipinski definition) is 3. The number of nitrogens with one attached hydrogen (secondary N) is 1. The Labute approximate surface area is 139 Å². The van der Waals surface area contributed by atoms with Gasteiger partial charge < -0.3 is 9.88 Å². The molecule has 1 fully saturated rings. The summed E-state index contributed by atoms with van der Waals surface area (Å²) in [6, 6.07) is 1.92. The van der Waals surface area contributed by atoms with Crippen molar-refractivity contribution in [2.24, 2.45) is 5.41 Å². The molecule has 2 rings (SSSR count). The number of ketones is 1. The number of carbonyl (C=O) groups is 2. The zero-order chi connectivity index (χ0) is 17.2. The summed E-state index contributed by atoms with van der Waals surface area (Å²) in [6.45, 7) is 13.5. The van der Waals surface area contributed by atoms with Gasteiger partial charge in [0, 0.05) is 49.6 Å². The number of rotatable bonds is 4. The summed E-state index contributed by atoms with van der Waals surface area (Å²) < 4.78 is 0. The van der Waals surface area contributed by atoms with Crippen LogP contribution < -0.4 is 0 Å². The second-order valence-corrected chi connectivity index (χ2v) is 7.81. The van der Waals surface area contributed by atoms with Crippen LogP contribution in [0, 0.1) is 19.3 Å². The van der Waals surface area contributed by atoms with Crippen LogP contribution in [0.1, 0.15) is 48.9 Å². The first kappa shape index (κ1) is 17.7. The highest BCUT2D eigenvalue weighted by atomic mass is 16.2. The third kappa shape index (κ3) is 4.93. The molecule has 5 nitrogen and oxygen atoms in total. The number of piperazine rings is 1. The minimum Gasteiger partial charge on any atom is -0.362 e. The molecule has 128 valence electrons. The van der Waals surface area contributed by atoms with E-state index in [-0.39, 0.29) is 17.1 Å². The monoisotopic (exact) mass is 319 g/mol. The molecule has 1 N–H and O–H groups in total. The van der Waals surface area contributed by atoms with Gasteiger partial charge in [-0.2, -0.15) is 0 Å². The van der Waals surface area contributed by atoms with Crippen LogP contribution in [0.15, 0.2) is 6.07 Å². The van der Waals surface area contributed by atoms with E-state index in [1.165, 1.54) is 0 Å². The standard InChI is InChI=1S/C18H29N3O2/c1-13-10-15(14(2)19-13)16(22)12-20-6-8-21(9-7-20)17(23)11-18(3,4)5/h10,19H,6-9,11-12H2,1-5H3. The van der Waals surface area contributed by atoms with Crippen molar-refractivity contribution in [3.05, 3.63) is 23.0 Å². The van der Waals surface area contributed by atoms with Gasteiger partial charge >= 0.3 is 0 Å². The molecule has 0 unspecified atom stereocenters. The van der Waals surface area contributed by atoms with E-state index in [0.29, 0.717) is 26.1 Å². The van der Waals surface area contributed by atoms with Crippen LogP contribution >= 0.6 is 0 Å². The Morgan fingerprint density at radius 1 is 1.13 bits per heavy atom. The third-order valence-electron chi connectivity index (χ3n) is 4.22. The zero-order valence-corrected chi connectivity index (χ0v) is 15.0. The van der Waals surface area contributed by atoms with Crippen molar-refractivity contribution in [3.8, 4) is 0 Å². The highest BCUT2D eigenvalue weighted by molar-refractivity contribution is 5.98. The van der Waals surface area contributed by atoms with Gasteiger partial charge in [-0.1, -0.05) is 20.8 Å². The molecule has 1 aliphatic heterocycles. The number of aromatic amines is 1. The summed E-state index contributed by atoms with van der Waals surface area (Å²) in [6.07, 6.45) is 0.577. The summed E-state index contributed by atoms with van der Waals surface area (Å²) in [5, 5.41) is 0. The predicted molar refractivity (Wildman–Crippen MR) is 91.7 cm³/mol. The highest BCUT2D eigenvalue weighted by Crippen LogP contribution is 2.20. The van der Waals surface area contributed by atoms with E-state index in [9.17, 15) is 9.59 Å². The molecule has 0 spiro atoms. The van der Waals surface area contributed by atoms with Crippen LogP contribution in [-0.2, 0) is 4.79 Å². The van der Waals surface area contributed by atoms with Crippen LogP contribution in [-0.4, -0.2) is 59.2 Å². The van der Waals surface area contributed by atoms with E-state index in [4.69, 9.17) is 0 Å². The fourth-order valence-corrected chi connectivity index (χ4v) is 3.02. The van der Waals surface area contributed by atoms with Crippen LogP contribution in [0.5, 0.6) is 0 Å². The predicted octanol–water partition coefficient (Wildman–Crippen LogP) is 2.39. The summed E-state index contributed by atoms with van der Waals surface area (Å²) in [7, 11) is 0. The number of H-pyrrole nitrogens is 1. The Bertz CT molecular complexity index is 576. The van der Waals surface area contributed by atoms with E-state index < -0.39 is 0 Å². The number of aromatic nitrogens is 1. The summed E-state index contributed by atoms with van der Waals surface area (Å²) in [4.78, 5) is 31.9. The van der Waals surface area contributed by atoms with Gasteiger partial charge in [0.15, 0.2) is 5.78 Å². The Balaban J connectivity index is 1.84. The zero-order valence-electron chi connectivity index (χ0n) is 15.0. The lowest BCUT2D eigenvalue weighted by Crippen LogP contribution is -2.50. The van der Waals surface area contributed by atoms with Gasteiger partial charge in [-0.3, -0.25) is 14.5 Å². The molecule has 1 aliphatic rings. The number of amides is 1. The second-order valence-electron chi connectivity index (χ2n) is 7.81. The van der Waals surface area contributed by atoms with Crippen molar-refractivity contribution < 1.29 is 9.59 Å². The van der Waals surface area contributed by atoms with Crippen LogP contribution in [0.4, 0.5) is 0 Å². The first-order valence-electron chi connectivity index (χ1n) is 8.35. The minimum absolute atomic E-state index is 0.0217. The highest BCUT2D eigenvalue weighted by Gasteiger charge is 2.26. The van der Waals surface area contributed by atoms with Gasteiger partial charge in [-0.25, -0.2) is 0 Å². The minimum atomic E-state index is 0.0217. The van der Waals surface area contributed by atoms with Crippen molar-refractivity contribution >= 4 is 11.7 Å². The van der Waals surface area contributed by atoms with Crippen LogP contribution in [0.2, 0.25) is 0 Å². The largest absolute Gasteiger partial charge is 0.362 e. The Hall–Kier alpha value is -1.62. The smallest absolute Gasteiger partial charge is 0.223 e. The maximum absolute atomic E-state index is 12.4. The normalized spacial score (nSPS) is 16.7. The summed E-state index contributed by atoms with van der Waals surface area (Å²) in [5.41, 5.74) is 2.76. The van der Waals surface area contributed by atoms with E-state index in [0.717, 1.165) is 30.0 Å². The number of aryl methyl sites for hydroxylation is 2. The molecule has 5 heteroatoms. The number of nitrogens with zero attached hydrogens (tertiary/aromatic N) is 2. The van der Waals surface area contributed by atoms with Gasteiger partial charge in [0.25, 0.3) is 0 Å². The lowest BCUT2D eigenvalue weighted by atomic mass is 9.91. The summed E-state index contributed by atoms with van der Waals surface area (Å²) >= 11 is 0. The molecule has 2 heterocycles. The lowest BCUT2D eigenvalue weighted by molar-refractivity contribution is -0.134. The van der Waals surface area contributed by atoms with Crippen LogP contribution in [0.3, 0.4) is 0 Å². The van der Waals surface area contributed by atoms with Crippen molar-refractivity contribution in [2.75, 3.05) is 32.7 Å². The molecule has 1 aromatic rings. The first-order chi connectivity index (χ1) is 10.7. The number of hydrogen-bond donors (Lipinski definition) is 1. The third-order valence-corrected chi connectivity index (χ3v) is 4.22. The molecule has 0 atom stereocenters. The SMILES string of the molecule is Cc1cc(C(=O)CN2CCN(C(=O)CC(C)(C)C)CC2)c(C)[nH]1.